The van der Waals surface area contributed by atoms with Crippen molar-refractivity contribution in [2.24, 2.45) is 0 Å². The van der Waals surface area contributed by atoms with Gasteiger partial charge in [-0.15, -0.1) is 11.3 Å². The minimum Gasteiger partial charge on any atom is -0.550 e. The molecule has 1 aromatic carbocycles. The van der Waals surface area contributed by atoms with Crippen LogP contribution in [-0.4, -0.2) is 18.1 Å². The van der Waals surface area contributed by atoms with E-state index in [-0.39, 0.29) is 6.42 Å². The maximum absolute atomic E-state index is 10.5. The second-order valence-corrected chi connectivity index (χ2v) is 4.38. The van der Waals surface area contributed by atoms with E-state index in [4.69, 9.17) is 4.74 Å². The van der Waals surface area contributed by atoms with Gasteiger partial charge in [-0.2, -0.15) is 0 Å². The fourth-order valence-electron chi connectivity index (χ4n) is 1.45. The smallest absolute Gasteiger partial charge is 0.123 e. The summed E-state index contributed by atoms with van der Waals surface area (Å²) in [6.07, 6.45) is -0.696. The van der Waals surface area contributed by atoms with Crippen LogP contribution in [0.15, 0.2) is 24.3 Å². The van der Waals surface area contributed by atoms with E-state index in [1.54, 1.807) is 0 Å². The lowest BCUT2D eigenvalue weighted by atomic mass is 10.2. The molecule has 4 nitrogen and oxygen atoms in total. The Morgan fingerprint density at radius 1 is 1.56 bits per heavy atom. The highest BCUT2D eigenvalue weighted by Gasteiger charge is 2.15. The fraction of sp³-hybridized carbons (Fsp3) is 0.273. The molecule has 1 atom stereocenters. The van der Waals surface area contributed by atoms with Crippen LogP contribution in [0.5, 0.6) is 0 Å². The summed E-state index contributed by atoms with van der Waals surface area (Å²) in [6.45, 7) is 0. The van der Waals surface area contributed by atoms with Crippen LogP contribution in [0.2, 0.25) is 0 Å². The number of carboxylic acid groups (broad SMARTS) is 1. The van der Waals surface area contributed by atoms with Gasteiger partial charge in [-0.1, -0.05) is 12.1 Å². The van der Waals surface area contributed by atoms with Crippen LogP contribution in [0.1, 0.15) is 17.5 Å². The minimum atomic E-state index is -1.13. The van der Waals surface area contributed by atoms with E-state index >= 15 is 0 Å². The van der Waals surface area contributed by atoms with Crippen molar-refractivity contribution in [3.63, 3.8) is 0 Å². The van der Waals surface area contributed by atoms with Crippen molar-refractivity contribution in [2.75, 3.05) is 7.11 Å². The van der Waals surface area contributed by atoms with Gasteiger partial charge in [0, 0.05) is 19.5 Å². The van der Waals surface area contributed by atoms with E-state index in [1.165, 1.54) is 18.4 Å². The minimum absolute atomic E-state index is 0.170. The SMILES string of the molecule is CO[C@H](CC(=O)[O-])c1nc2ccccc2s1. The van der Waals surface area contributed by atoms with E-state index < -0.39 is 12.1 Å². The van der Waals surface area contributed by atoms with Gasteiger partial charge in [0.05, 0.1) is 10.2 Å². The van der Waals surface area contributed by atoms with Crippen LogP contribution >= 0.6 is 11.3 Å². The molecule has 16 heavy (non-hydrogen) atoms. The second-order valence-electron chi connectivity index (χ2n) is 3.32. The van der Waals surface area contributed by atoms with Gasteiger partial charge in [0.1, 0.15) is 11.1 Å². The molecule has 0 aliphatic carbocycles. The molecular formula is C11H10NO3S-. The fourth-order valence-corrected chi connectivity index (χ4v) is 2.50. The highest BCUT2D eigenvalue weighted by atomic mass is 32.1. The molecule has 1 aromatic heterocycles. The Morgan fingerprint density at radius 2 is 2.31 bits per heavy atom. The lowest BCUT2D eigenvalue weighted by Crippen LogP contribution is -2.25. The first kappa shape index (κ1) is 11.0. The summed E-state index contributed by atoms with van der Waals surface area (Å²) in [5.41, 5.74) is 0.864. The van der Waals surface area contributed by atoms with Gasteiger partial charge in [0.2, 0.25) is 0 Å². The van der Waals surface area contributed by atoms with Gasteiger partial charge in [-0.3, -0.25) is 0 Å². The number of hydrogen-bond donors (Lipinski definition) is 0. The monoisotopic (exact) mass is 236 g/mol. The largest absolute Gasteiger partial charge is 0.550 e. The van der Waals surface area contributed by atoms with Crippen molar-refractivity contribution in [1.82, 2.24) is 4.98 Å². The molecule has 0 aliphatic heterocycles. The van der Waals surface area contributed by atoms with E-state index in [0.717, 1.165) is 10.2 Å². The normalized spacial score (nSPS) is 12.8. The number of carbonyl (C=O) groups is 1. The van der Waals surface area contributed by atoms with Crippen LogP contribution in [0.3, 0.4) is 0 Å². The van der Waals surface area contributed by atoms with Crippen LogP contribution in [0, 0.1) is 0 Å². The molecule has 0 saturated carbocycles. The van der Waals surface area contributed by atoms with E-state index in [2.05, 4.69) is 4.98 Å². The Kier molecular flexibility index (Phi) is 3.17. The van der Waals surface area contributed by atoms with Crippen molar-refractivity contribution < 1.29 is 14.6 Å². The summed E-state index contributed by atoms with van der Waals surface area (Å²) in [7, 11) is 1.47. The molecule has 2 rings (SSSR count). The highest BCUT2D eigenvalue weighted by Crippen LogP contribution is 2.29. The van der Waals surface area contributed by atoms with Crippen molar-refractivity contribution >= 4 is 27.5 Å². The Bertz CT molecular complexity index is 476. The molecule has 0 N–H and O–H groups in total. The van der Waals surface area contributed by atoms with Crippen molar-refractivity contribution in [3.8, 4) is 0 Å². The summed E-state index contributed by atoms with van der Waals surface area (Å²) in [5, 5.41) is 11.2. The van der Waals surface area contributed by atoms with Crippen LogP contribution in [0.4, 0.5) is 0 Å². The van der Waals surface area contributed by atoms with Gasteiger partial charge in [-0.25, -0.2) is 4.98 Å². The number of thiazole rings is 1. The molecule has 0 saturated heterocycles. The molecule has 0 fully saturated rings. The summed E-state index contributed by atoms with van der Waals surface area (Å²) >= 11 is 1.44. The van der Waals surface area contributed by atoms with Gasteiger partial charge < -0.3 is 14.6 Å². The summed E-state index contributed by atoms with van der Waals surface area (Å²) in [5.74, 6) is -1.13. The Balaban J connectivity index is 2.34. The molecule has 0 unspecified atom stereocenters. The van der Waals surface area contributed by atoms with E-state index in [1.807, 2.05) is 24.3 Å². The first-order valence-corrected chi connectivity index (χ1v) is 5.60. The summed E-state index contributed by atoms with van der Waals surface area (Å²) < 4.78 is 6.13. The first-order chi connectivity index (χ1) is 7.70. The molecule has 0 amide bonds. The molecule has 2 aromatic rings. The van der Waals surface area contributed by atoms with E-state index in [9.17, 15) is 9.90 Å². The standard InChI is InChI=1S/C11H11NO3S/c1-15-8(6-10(13)14)11-12-7-4-2-3-5-9(7)16-11/h2-5,8H,6H2,1H3,(H,13,14)/p-1/t8-/m1/s1. The molecule has 5 heteroatoms. The number of para-hydroxylation sites is 1. The zero-order valence-electron chi connectivity index (χ0n) is 8.67. The maximum Gasteiger partial charge on any atom is 0.123 e. The summed E-state index contributed by atoms with van der Waals surface area (Å²) in [4.78, 5) is 14.9. The summed E-state index contributed by atoms with van der Waals surface area (Å²) in [6, 6.07) is 7.65. The molecule has 0 spiro atoms. The van der Waals surface area contributed by atoms with Gasteiger partial charge in [0.15, 0.2) is 0 Å². The van der Waals surface area contributed by atoms with Crippen molar-refractivity contribution in [3.05, 3.63) is 29.3 Å². The molecule has 0 bridgehead atoms. The molecule has 0 aliphatic rings. The second kappa shape index (κ2) is 4.59. The van der Waals surface area contributed by atoms with Crippen LogP contribution in [-0.2, 0) is 9.53 Å². The number of aromatic nitrogens is 1. The van der Waals surface area contributed by atoms with E-state index in [0.29, 0.717) is 5.01 Å². The number of benzene rings is 1. The predicted octanol–water partition coefficient (Wildman–Crippen LogP) is 1.12. The van der Waals surface area contributed by atoms with Gasteiger partial charge in [-0.05, 0) is 12.1 Å². The van der Waals surface area contributed by atoms with Gasteiger partial charge >= 0.3 is 0 Å². The third-order valence-corrected chi connectivity index (χ3v) is 3.35. The topological polar surface area (TPSA) is 62.2 Å². The number of fused-ring (bicyclic) bond motifs is 1. The number of aliphatic carboxylic acids is 1. The number of nitrogens with zero attached hydrogens (tertiary/aromatic N) is 1. The lowest BCUT2D eigenvalue weighted by molar-refractivity contribution is -0.307. The molecule has 1 heterocycles. The van der Waals surface area contributed by atoms with Crippen LogP contribution in [0.25, 0.3) is 10.2 Å². The number of carbonyl (C=O) groups excluding carboxylic acids is 1. The maximum atomic E-state index is 10.5. The number of ether oxygens (including phenoxy) is 1. The molecule has 0 radical (unpaired) electrons. The number of hydrogen-bond acceptors (Lipinski definition) is 5. The first-order valence-electron chi connectivity index (χ1n) is 4.79. The number of carboxylic acids is 1. The number of rotatable bonds is 4. The molecule has 84 valence electrons. The number of methoxy groups -OCH3 is 1. The Labute approximate surface area is 96.5 Å². The van der Waals surface area contributed by atoms with Crippen molar-refractivity contribution in [1.29, 1.82) is 0 Å². The third kappa shape index (κ3) is 2.20. The van der Waals surface area contributed by atoms with Crippen LogP contribution < -0.4 is 5.11 Å². The third-order valence-electron chi connectivity index (χ3n) is 2.22. The van der Waals surface area contributed by atoms with Crippen molar-refractivity contribution in [2.45, 2.75) is 12.5 Å². The average molecular weight is 236 g/mol. The zero-order chi connectivity index (χ0) is 11.5. The molecular weight excluding hydrogens is 226 g/mol. The quantitative estimate of drug-likeness (QED) is 0.798. The highest BCUT2D eigenvalue weighted by molar-refractivity contribution is 7.18. The Morgan fingerprint density at radius 3 is 2.94 bits per heavy atom. The van der Waals surface area contributed by atoms with Gasteiger partial charge in [0.25, 0.3) is 0 Å². The zero-order valence-corrected chi connectivity index (χ0v) is 9.49. The average Bonchev–Trinajstić information content (AvgIpc) is 2.68. The predicted molar refractivity (Wildman–Crippen MR) is 59.0 cm³/mol. The lowest BCUT2D eigenvalue weighted by Gasteiger charge is -2.12. The Hall–Kier alpha value is -1.46.